The van der Waals surface area contributed by atoms with E-state index in [9.17, 15) is 4.79 Å². The number of hydrogen-bond donors (Lipinski definition) is 0. The molecule has 0 saturated heterocycles. The number of ketones is 1. The minimum atomic E-state index is -0.0928. The quantitative estimate of drug-likeness (QED) is 0.768. The van der Waals surface area contributed by atoms with Gasteiger partial charge < -0.3 is 9.47 Å². The summed E-state index contributed by atoms with van der Waals surface area (Å²) in [6.45, 7) is 3.78. The van der Waals surface area contributed by atoms with Crippen LogP contribution in [0.1, 0.15) is 31.7 Å². The van der Waals surface area contributed by atoms with Crippen molar-refractivity contribution < 1.29 is 14.3 Å². The van der Waals surface area contributed by atoms with Gasteiger partial charge in [-0.3, -0.25) is 4.79 Å². The van der Waals surface area contributed by atoms with Gasteiger partial charge in [-0.2, -0.15) is 0 Å². The number of hydrogen-bond acceptors (Lipinski definition) is 3. The zero-order valence-electron chi connectivity index (χ0n) is 10.2. The minimum absolute atomic E-state index is 0.0928. The summed E-state index contributed by atoms with van der Waals surface area (Å²) in [5.41, 5.74) is 0.963. The normalized spacial score (nSPS) is 12.0. The molecule has 88 valence electrons. The van der Waals surface area contributed by atoms with E-state index >= 15 is 0 Å². The van der Waals surface area contributed by atoms with Gasteiger partial charge in [0.25, 0.3) is 0 Å². The summed E-state index contributed by atoms with van der Waals surface area (Å²) in [6.07, 6.45) is 0.551. The van der Waals surface area contributed by atoms with Crippen molar-refractivity contribution in [3.63, 3.8) is 0 Å². The lowest BCUT2D eigenvalue weighted by molar-refractivity contribution is -0.119. The number of rotatable bonds is 5. The van der Waals surface area contributed by atoms with Gasteiger partial charge >= 0.3 is 0 Å². The van der Waals surface area contributed by atoms with Crippen LogP contribution in [-0.2, 0) is 4.79 Å². The Labute approximate surface area is 96.4 Å². The van der Waals surface area contributed by atoms with Crippen LogP contribution in [0.15, 0.2) is 18.2 Å². The van der Waals surface area contributed by atoms with Crippen molar-refractivity contribution in [3.05, 3.63) is 23.8 Å². The molecule has 0 radical (unpaired) electrons. The van der Waals surface area contributed by atoms with E-state index < -0.39 is 0 Å². The van der Waals surface area contributed by atoms with Crippen molar-refractivity contribution in [3.8, 4) is 11.5 Å². The zero-order valence-corrected chi connectivity index (χ0v) is 10.2. The maximum Gasteiger partial charge on any atom is 0.161 e. The van der Waals surface area contributed by atoms with Gasteiger partial charge in [-0.05, 0) is 17.7 Å². The number of carbonyl (C=O) groups is 1. The number of methoxy groups -OCH3 is 2. The molecule has 0 bridgehead atoms. The monoisotopic (exact) mass is 222 g/mol. The van der Waals surface area contributed by atoms with Crippen molar-refractivity contribution in [2.24, 2.45) is 0 Å². The molecule has 0 aliphatic carbocycles. The predicted molar refractivity (Wildman–Crippen MR) is 63.3 cm³/mol. The van der Waals surface area contributed by atoms with Gasteiger partial charge in [0, 0.05) is 12.3 Å². The van der Waals surface area contributed by atoms with E-state index in [4.69, 9.17) is 9.47 Å². The average molecular weight is 222 g/mol. The molecule has 1 unspecified atom stereocenters. The highest BCUT2D eigenvalue weighted by Crippen LogP contribution is 2.31. The summed E-state index contributed by atoms with van der Waals surface area (Å²) in [5.74, 6) is 1.48. The highest BCUT2D eigenvalue weighted by molar-refractivity contribution is 5.85. The molecule has 16 heavy (non-hydrogen) atoms. The second-order valence-electron chi connectivity index (χ2n) is 3.66. The molecule has 0 N–H and O–H groups in total. The number of Topliss-reactive ketones (excluding diaryl/α,β-unsaturated/α-hetero) is 1. The summed E-state index contributed by atoms with van der Waals surface area (Å²) in [4.78, 5) is 11.6. The van der Waals surface area contributed by atoms with Crippen LogP contribution in [0.25, 0.3) is 0 Å². The van der Waals surface area contributed by atoms with Crippen LogP contribution < -0.4 is 9.47 Å². The Bertz CT molecular complexity index is 371. The zero-order chi connectivity index (χ0) is 12.1. The average Bonchev–Trinajstić information content (AvgIpc) is 2.35. The van der Waals surface area contributed by atoms with Gasteiger partial charge in [-0.15, -0.1) is 0 Å². The second-order valence-corrected chi connectivity index (χ2v) is 3.66. The van der Waals surface area contributed by atoms with Gasteiger partial charge in [0.15, 0.2) is 11.5 Å². The maximum atomic E-state index is 11.6. The lowest BCUT2D eigenvalue weighted by Gasteiger charge is -2.13. The van der Waals surface area contributed by atoms with Crippen molar-refractivity contribution >= 4 is 5.78 Å². The third-order valence-electron chi connectivity index (χ3n) is 2.74. The summed E-state index contributed by atoms with van der Waals surface area (Å²) in [7, 11) is 3.19. The molecule has 0 spiro atoms. The topological polar surface area (TPSA) is 35.5 Å². The lowest BCUT2D eigenvalue weighted by Crippen LogP contribution is -2.07. The van der Waals surface area contributed by atoms with Crippen LogP contribution in [0.3, 0.4) is 0 Å². The first-order valence-electron chi connectivity index (χ1n) is 5.38. The van der Waals surface area contributed by atoms with Gasteiger partial charge in [-0.1, -0.05) is 19.9 Å². The first kappa shape index (κ1) is 12.6. The SMILES string of the molecule is CCC(=O)C(C)c1ccc(OC)c(OC)c1. The fourth-order valence-corrected chi connectivity index (χ4v) is 1.61. The van der Waals surface area contributed by atoms with E-state index in [-0.39, 0.29) is 11.7 Å². The van der Waals surface area contributed by atoms with E-state index in [2.05, 4.69) is 0 Å². The van der Waals surface area contributed by atoms with Gasteiger partial charge in [0.05, 0.1) is 14.2 Å². The van der Waals surface area contributed by atoms with Crippen LogP contribution in [0.2, 0.25) is 0 Å². The molecular formula is C13H18O3. The van der Waals surface area contributed by atoms with Crippen molar-refractivity contribution in [1.82, 2.24) is 0 Å². The standard InChI is InChI=1S/C13H18O3/c1-5-11(14)9(2)10-6-7-12(15-3)13(8-10)16-4/h6-9H,5H2,1-4H3. The van der Waals surface area contributed by atoms with Crippen LogP contribution >= 0.6 is 0 Å². The molecule has 0 aliphatic heterocycles. The molecular weight excluding hydrogens is 204 g/mol. The van der Waals surface area contributed by atoms with Crippen molar-refractivity contribution in [1.29, 1.82) is 0 Å². The first-order chi connectivity index (χ1) is 7.63. The molecule has 1 rings (SSSR count). The van der Waals surface area contributed by atoms with Crippen LogP contribution in [0.4, 0.5) is 0 Å². The molecule has 0 fully saturated rings. The van der Waals surface area contributed by atoms with Crippen LogP contribution in [0.5, 0.6) is 11.5 Å². The first-order valence-corrected chi connectivity index (χ1v) is 5.38. The molecule has 0 amide bonds. The Morgan fingerprint density at radius 3 is 2.38 bits per heavy atom. The molecule has 3 heteroatoms. The van der Waals surface area contributed by atoms with Crippen LogP contribution in [-0.4, -0.2) is 20.0 Å². The van der Waals surface area contributed by atoms with E-state index in [0.717, 1.165) is 5.56 Å². The molecule has 1 aromatic carbocycles. The smallest absolute Gasteiger partial charge is 0.161 e. The summed E-state index contributed by atoms with van der Waals surface area (Å²) < 4.78 is 10.4. The van der Waals surface area contributed by atoms with Gasteiger partial charge in [0.2, 0.25) is 0 Å². The maximum absolute atomic E-state index is 11.6. The van der Waals surface area contributed by atoms with Crippen LogP contribution in [0, 0.1) is 0 Å². The highest BCUT2D eigenvalue weighted by Gasteiger charge is 2.15. The van der Waals surface area contributed by atoms with Gasteiger partial charge in [0.1, 0.15) is 5.78 Å². The lowest BCUT2D eigenvalue weighted by atomic mass is 9.95. The molecule has 0 heterocycles. The molecule has 0 aliphatic rings. The molecule has 1 atom stereocenters. The van der Waals surface area contributed by atoms with Crippen molar-refractivity contribution in [2.75, 3.05) is 14.2 Å². The van der Waals surface area contributed by atoms with E-state index in [1.165, 1.54) is 0 Å². The number of carbonyl (C=O) groups excluding carboxylic acids is 1. The Balaban J connectivity index is 3.03. The van der Waals surface area contributed by atoms with E-state index in [1.807, 2.05) is 32.0 Å². The third kappa shape index (κ3) is 2.54. The molecule has 1 aromatic rings. The molecule has 3 nitrogen and oxygen atoms in total. The number of benzene rings is 1. The molecule has 0 saturated carbocycles. The second kappa shape index (κ2) is 5.54. The Morgan fingerprint density at radius 1 is 1.25 bits per heavy atom. The largest absolute Gasteiger partial charge is 0.493 e. The molecule has 0 aromatic heterocycles. The fourth-order valence-electron chi connectivity index (χ4n) is 1.61. The summed E-state index contributed by atoms with van der Waals surface area (Å²) in [5, 5.41) is 0. The predicted octanol–water partition coefficient (Wildman–Crippen LogP) is 2.79. The summed E-state index contributed by atoms with van der Waals surface area (Å²) >= 11 is 0. The Kier molecular flexibility index (Phi) is 4.35. The Hall–Kier alpha value is -1.51. The fraction of sp³-hybridized carbons (Fsp3) is 0.462. The third-order valence-corrected chi connectivity index (χ3v) is 2.74. The van der Waals surface area contributed by atoms with E-state index in [1.54, 1.807) is 14.2 Å². The van der Waals surface area contributed by atoms with Crippen molar-refractivity contribution in [2.45, 2.75) is 26.2 Å². The number of ether oxygens (including phenoxy) is 2. The summed E-state index contributed by atoms with van der Waals surface area (Å²) in [6, 6.07) is 5.59. The van der Waals surface area contributed by atoms with E-state index in [0.29, 0.717) is 17.9 Å². The Morgan fingerprint density at radius 2 is 1.88 bits per heavy atom. The minimum Gasteiger partial charge on any atom is -0.493 e. The highest BCUT2D eigenvalue weighted by atomic mass is 16.5. The van der Waals surface area contributed by atoms with Gasteiger partial charge in [-0.25, -0.2) is 0 Å².